The molecule has 2 fully saturated rings. The van der Waals surface area contributed by atoms with E-state index < -0.39 is 0 Å². The Labute approximate surface area is 120 Å². The number of fused-ring (bicyclic) bond motifs is 1. The Kier molecular flexibility index (Phi) is 3.00. The van der Waals surface area contributed by atoms with Gasteiger partial charge < -0.3 is 15.2 Å². The van der Waals surface area contributed by atoms with Gasteiger partial charge in [0.15, 0.2) is 0 Å². The average Bonchev–Trinajstić information content (AvgIpc) is 2.79. The molecule has 1 heterocycles. The first-order valence-corrected chi connectivity index (χ1v) is 7.93. The van der Waals surface area contributed by atoms with Crippen molar-refractivity contribution >= 4 is 0 Å². The van der Waals surface area contributed by atoms with E-state index in [0.29, 0.717) is 6.10 Å². The van der Waals surface area contributed by atoms with Gasteiger partial charge in [-0.3, -0.25) is 0 Å². The molecule has 1 saturated carbocycles. The molecular weight excluding hydrogens is 250 g/mol. The maximum Gasteiger partial charge on any atom is 0.120 e. The van der Waals surface area contributed by atoms with Crippen LogP contribution in [-0.2, 0) is 11.2 Å². The molecule has 0 bridgehead atoms. The Bertz CT molecular complexity index is 510. The Hall–Kier alpha value is -1.06. The smallest absolute Gasteiger partial charge is 0.120 e. The van der Waals surface area contributed by atoms with Crippen LogP contribution in [0, 0.1) is 0 Å². The van der Waals surface area contributed by atoms with Crippen LogP contribution in [0.25, 0.3) is 0 Å². The summed E-state index contributed by atoms with van der Waals surface area (Å²) >= 11 is 0. The van der Waals surface area contributed by atoms with Crippen LogP contribution in [0.3, 0.4) is 0 Å². The minimum Gasteiger partial charge on any atom is -0.490 e. The first-order valence-electron chi connectivity index (χ1n) is 7.93. The lowest BCUT2D eigenvalue weighted by Gasteiger charge is -2.46. The molecule has 108 valence electrons. The summed E-state index contributed by atoms with van der Waals surface area (Å²) < 4.78 is 12.2. The summed E-state index contributed by atoms with van der Waals surface area (Å²) in [6.45, 7) is 0.848. The fourth-order valence-corrected chi connectivity index (χ4v) is 3.90. The van der Waals surface area contributed by atoms with E-state index in [1.807, 2.05) is 0 Å². The molecule has 2 unspecified atom stereocenters. The van der Waals surface area contributed by atoms with Crippen LogP contribution in [0.5, 0.6) is 5.75 Å². The summed E-state index contributed by atoms with van der Waals surface area (Å²) in [5.41, 5.74) is 8.92. The molecule has 1 aromatic carbocycles. The minimum absolute atomic E-state index is 0.155. The van der Waals surface area contributed by atoms with Gasteiger partial charge in [0, 0.05) is 18.9 Å². The van der Waals surface area contributed by atoms with Gasteiger partial charge in [-0.15, -0.1) is 0 Å². The summed E-state index contributed by atoms with van der Waals surface area (Å²) in [6, 6.07) is 6.67. The zero-order valence-electron chi connectivity index (χ0n) is 11.9. The summed E-state index contributed by atoms with van der Waals surface area (Å²) in [6.07, 6.45) is 8.28. The number of hydrogen-bond acceptors (Lipinski definition) is 3. The van der Waals surface area contributed by atoms with Crippen molar-refractivity contribution in [2.24, 2.45) is 5.73 Å². The topological polar surface area (TPSA) is 44.5 Å². The van der Waals surface area contributed by atoms with Gasteiger partial charge in [0.25, 0.3) is 0 Å². The summed E-state index contributed by atoms with van der Waals surface area (Å²) in [7, 11) is 0. The monoisotopic (exact) mass is 273 g/mol. The van der Waals surface area contributed by atoms with Crippen LogP contribution in [0.1, 0.15) is 55.7 Å². The zero-order chi connectivity index (χ0) is 13.6. The Morgan fingerprint density at radius 2 is 2.15 bits per heavy atom. The summed E-state index contributed by atoms with van der Waals surface area (Å²) in [4.78, 5) is 0. The lowest BCUT2D eigenvalue weighted by Crippen LogP contribution is -2.48. The highest BCUT2D eigenvalue weighted by atomic mass is 16.5. The van der Waals surface area contributed by atoms with Crippen molar-refractivity contribution in [3.63, 3.8) is 0 Å². The molecule has 2 atom stereocenters. The molecule has 1 spiro atoms. The van der Waals surface area contributed by atoms with Crippen molar-refractivity contribution in [1.82, 2.24) is 0 Å². The Morgan fingerprint density at radius 1 is 1.25 bits per heavy atom. The van der Waals surface area contributed by atoms with Gasteiger partial charge in [-0.2, -0.15) is 0 Å². The third-order valence-corrected chi connectivity index (χ3v) is 5.25. The predicted molar refractivity (Wildman–Crippen MR) is 77.9 cm³/mol. The highest BCUT2D eigenvalue weighted by Gasteiger charge is 2.43. The average molecular weight is 273 g/mol. The molecule has 3 heteroatoms. The molecule has 0 radical (unpaired) electrons. The third-order valence-electron chi connectivity index (χ3n) is 5.25. The highest BCUT2D eigenvalue weighted by molar-refractivity contribution is 5.40. The lowest BCUT2D eigenvalue weighted by molar-refractivity contribution is -0.153. The van der Waals surface area contributed by atoms with Gasteiger partial charge in [0.2, 0.25) is 0 Å². The zero-order valence-corrected chi connectivity index (χ0v) is 11.9. The number of hydrogen-bond donors (Lipinski definition) is 1. The van der Waals surface area contributed by atoms with Gasteiger partial charge in [-0.25, -0.2) is 0 Å². The molecule has 4 rings (SSSR count). The Morgan fingerprint density at radius 3 is 2.95 bits per heavy atom. The predicted octanol–water partition coefficient (Wildman–Crippen LogP) is 3.11. The maximum atomic E-state index is 6.23. The second-order valence-electron chi connectivity index (χ2n) is 6.62. The largest absolute Gasteiger partial charge is 0.490 e. The number of benzene rings is 1. The van der Waals surface area contributed by atoms with Gasteiger partial charge in [0.1, 0.15) is 11.9 Å². The van der Waals surface area contributed by atoms with Crippen LogP contribution < -0.4 is 10.5 Å². The number of rotatable bonds is 2. The standard InChI is InChI=1S/C17H23NO2/c18-16-5-2-12-10-13(3-4-15(12)16)20-14-6-9-19-17(11-14)7-1-8-17/h3-4,10,14,16H,1-2,5-9,11,18H2. The van der Waals surface area contributed by atoms with Crippen LogP contribution in [0.15, 0.2) is 18.2 Å². The number of nitrogens with two attached hydrogens (primary N) is 1. The molecule has 2 aliphatic carbocycles. The molecule has 0 aromatic heterocycles. The van der Waals surface area contributed by atoms with E-state index in [1.54, 1.807) is 0 Å². The highest BCUT2D eigenvalue weighted by Crippen LogP contribution is 2.43. The van der Waals surface area contributed by atoms with E-state index in [4.69, 9.17) is 15.2 Å². The molecule has 1 saturated heterocycles. The van der Waals surface area contributed by atoms with Crippen molar-refractivity contribution in [3.8, 4) is 5.75 Å². The van der Waals surface area contributed by atoms with Crippen molar-refractivity contribution in [2.45, 2.75) is 62.7 Å². The van der Waals surface area contributed by atoms with Gasteiger partial charge in [-0.1, -0.05) is 6.07 Å². The third kappa shape index (κ3) is 2.13. The van der Waals surface area contributed by atoms with Crippen LogP contribution in [-0.4, -0.2) is 18.3 Å². The molecular formula is C17H23NO2. The fraction of sp³-hybridized carbons (Fsp3) is 0.647. The van der Waals surface area contributed by atoms with Crippen LogP contribution in [0.4, 0.5) is 0 Å². The van der Waals surface area contributed by atoms with Crippen molar-refractivity contribution in [2.75, 3.05) is 6.61 Å². The maximum absolute atomic E-state index is 6.23. The first kappa shape index (κ1) is 12.7. The molecule has 3 nitrogen and oxygen atoms in total. The molecule has 1 aromatic rings. The number of aryl methyl sites for hydroxylation is 1. The minimum atomic E-state index is 0.155. The van der Waals surface area contributed by atoms with E-state index in [0.717, 1.165) is 38.0 Å². The van der Waals surface area contributed by atoms with Gasteiger partial charge in [-0.05, 0) is 55.4 Å². The second-order valence-corrected chi connectivity index (χ2v) is 6.62. The first-order chi connectivity index (χ1) is 9.74. The fourth-order valence-electron chi connectivity index (χ4n) is 3.90. The van der Waals surface area contributed by atoms with Crippen LogP contribution in [0.2, 0.25) is 0 Å². The number of ether oxygens (including phenoxy) is 2. The normalized spacial score (nSPS) is 30.9. The molecule has 3 aliphatic rings. The molecule has 1 aliphatic heterocycles. The lowest BCUT2D eigenvalue weighted by atomic mass is 9.74. The van der Waals surface area contributed by atoms with E-state index >= 15 is 0 Å². The second kappa shape index (κ2) is 4.74. The van der Waals surface area contributed by atoms with E-state index in [9.17, 15) is 0 Å². The van der Waals surface area contributed by atoms with Gasteiger partial charge >= 0.3 is 0 Å². The molecule has 0 amide bonds. The van der Waals surface area contributed by atoms with Gasteiger partial charge in [0.05, 0.1) is 12.2 Å². The van der Waals surface area contributed by atoms with Crippen molar-refractivity contribution in [3.05, 3.63) is 29.3 Å². The van der Waals surface area contributed by atoms with Crippen LogP contribution >= 0.6 is 0 Å². The Balaban J connectivity index is 1.46. The SMILES string of the molecule is NC1CCc2cc(OC3CCOC4(CCC4)C3)ccc21. The molecule has 20 heavy (non-hydrogen) atoms. The van der Waals surface area contributed by atoms with E-state index in [-0.39, 0.29) is 11.6 Å². The van der Waals surface area contributed by atoms with E-state index in [2.05, 4.69) is 18.2 Å². The summed E-state index contributed by atoms with van der Waals surface area (Å²) in [5.74, 6) is 1.01. The summed E-state index contributed by atoms with van der Waals surface area (Å²) in [5, 5.41) is 0. The molecule has 2 N–H and O–H groups in total. The quantitative estimate of drug-likeness (QED) is 0.900. The van der Waals surface area contributed by atoms with Crippen molar-refractivity contribution in [1.29, 1.82) is 0 Å². The van der Waals surface area contributed by atoms with Crippen molar-refractivity contribution < 1.29 is 9.47 Å². The van der Waals surface area contributed by atoms with E-state index in [1.165, 1.54) is 30.4 Å².